The van der Waals surface area contributed by atoms with E-state index >= 15 is 0 Å². The first kappa shape index (κ1) is 16.9. The molecule has 1 aromatic heterocycles. The molecule has 10 heteroatoms. The minimum atomic E-state index is -3.88. The van der Waals surface area contributed by atoms with Crippen LogP contribution in [0.5, 0.6) is 0 Å². The third kappa shape index (κ3) is 3.28. The normalized spacial score (nSPS) is 19.2. The fourth-order valence-corrected chi connectivity index (χ4v) is 4.42. The summed E-state index contributed by atoms with van der Waals surface area (Å²) in [5.74, 6) is 0.231. The molecule has 2 heterocycles. The van der Waals surface area contributed by atoms with Crippen LogP contribution in [0.1, 0.15) is 11.7 Å². The van der Waals surface area contributed by atoms with Crippen molar-refractivity contribution in [3.8, 4) is 0 Å². The van der Waals surface area contributed by atoms with Gasteiger partial charge in [-0.05, 0) is 25.1 Å². The molecule has 1 aromatic carbocycles. The highest BCUT2D eigenvalue weighted by Gasteiger charge is 2.39. The zero-order valence-electron chi connectivity index (χ0n) is 12.8. The van der Waals surface area contributed by atoms with Crippen molar-refractivity contribution in [2.45, 2.75) is 24.3 Å². The number of sulfonamides is 1. The van der Waals surface area contributed by atoms with Gasteiger partial charge in [0.1, 0.15) is 6.04 Å². The second kappa shape index (κ2) is 6.50. The van der Waals surface area contributed by atoms with Crippen molar-refractivity contribution < 1.29 is 17.7 Å². The molecule has 1 fully saturated rings. The largest absolute Gasteiger partial charge is 0.353 e. The van der Waals surface area contributed by atoms with Crippen LogP contribution in [0.15, 0.2) is 33.7 Å². The Morgan fingerprint density at radius 2 is 2.25 bits per heavy atom. The molecule has 24 heavy (non-hydrogen) atoms. The Kier molecular flexibility index (Phi) is 4.57. The lowest BCUT2D eigenvalue weighted by molar-refractivity contribution is -0.126. The number of nitrogens with zero attached hydrogens (tertiary/aromatic N) is 3. The number of nitrogens with one attached hydrogen (secondary N) is 1. The van der Waals surface area contributed by atoms with E-state index in [4.69, 9.17) is 16.1 Å². The molecule has 0 aliphatic carbocycles. The molecule has 0 radical (unpaired) electrons. The zero-order chi connectivity index (χ0) is 17.3. The highest BCUT2D eigenvalue weighted by molar-refractivity contribution is 7.89. The molecule has 2 aromatic rings. The number of piperazine rings is 1. The highest BCUT2D eigenvalue weighted by atomic mass is 35.5. The average molecular weight is 371 g/mol. The summed E-state index contributed by atoms with van der Waals surface area (Å²) in [5.41, 5.74) is 0. The SMILES string of the molecule is Cc1noc(CC2C(=O)NCCN2S(=O)(=O)c2cccc(Cl)c2)n1. The van der Waals surface area contributed by atoms with Crippen LogP contribution in [0.25, 0.3) is 0 Å². The lowest BCUT2D eigenvalue weighted by Gasteiger charge is -2.33. The second-order valence-corrected chi connectivity index (χ2v) is 7.65. The molecule has 1 unspecified atom stereocenters. The Hall–Kier alpha value is -1.97. The predicted molar refractivity (Wildman–Crippen MR) is 84.9 cm³/mol. The number of benzene rings is 1. The van der Waals surface area contributed by atoms with Gasteiger partial charge >= 0.3 is 0 Å². The highest BCUT2D eigenvalue weighted by Crippen LogP contribution is 2.24. The molecule has 1 aliphatic rings. The standard InChI is InChI=1S/C14H15ClN4O4S/c1-9-17-13(23-18-9)8-12-14(20)16-5-6-19(12)24(21,22)11-4-2-3-10(15)7-11/h2-4,7,12H,5-6,8H2,1H3,(H,16,20). The van der Waals surface area contributed by atoms with Gasteiger partial charge in [0, 0.05) is 18.1 Å². The number of rotatable bonds is 4. The van der Waals surface area contributed by atoms with Crippen molar-refractivity contribution >= 4 is 27.5 Å². The first-order valence-corrected chi connectivity index (χ1v) is 9.04. The van der Waals surface area contributed by atoms with Crippen LogP contribution in [0.4, 0.5) is 0 Å². The zero-order valence-corrected chi connectivity index (χ0v) is 14.3. The number of hydrogen-bond donors (Lipinski definition) is 1. The van der Waals surface area contributed by atoms with Crippen molar-refractivity contribution in [2.24, 2.45) is 0 Å². The van der Waals surface area contributed by atoms with Crippen LogP contribution in [0, 0.1) is 6.92 Å². The van der Waals surface area contributed by atoms with Gasteiger partial charge in [-0.3, -0.25) is 4.79 Å². The van der Waals surface area contributed by atoms with Gasteiger partial charge < -0.3 is 9.84 Å². The van der Waals surface area contributed by atoms with E-state index in [0.717, 1.165) is 4.31 Å². The number of aromatic nitrogens is 2. The summed E-state index contributed by atoms with van der Waals surface area (Å²) in [6, 6.07) is 4.99. The first-order valence-electron chi connectivity index (χ1n) is 7.22. The molecule has 1 amide bonds. The number of hydrogen-bond acceptors (Lipinski definition) is 6. The summed E-state index contributed by atoms with van der Waals surface area (Å²) < 4.78 is 32.0. The number of carbonyl (C=O) groups is 1. The first-order chi connectivity index (χ1) is 11.4. The molecule has 0 spiro atoms. The predicted octanol–water partition coefficient (Wildman–Crippen LogP) is 0.763. The van der Waals surface area contributed by atoms with Gasteiger partial charge in [-0.15, -0.1) is 0 Å². The van der Waals surface area contributed by atoms with Crippen LogP contribution in [0.3, 0.4) is 0 Å². The maximum Gasteiger partial charge on any atom is 0.243 e. The maximum atomic E-state index is 12.9. The van der Waals surface area contributed by atoms with Crippen molar-refractivity contribution in [1.29, 1.82) is 0 Å². The third-order valence-electron chi connectivity index (χ3n) is 3.62. The van der Waals surface area contributed by atoms with Gasteiger partial charge in [0.25, 0.3) is 0 Å². The number of amides is 1. The fraction of sp³-hybridized carbons (Fsp3) is 0.357. The molecule has 3 rings (SSSR count). The molecule has 0 bridgehead atoms. The van der Waals surface area contributed by atoms with Crippen LogP contribution in [-0.2, 0) is 21.2 Å². The van der Waals surface area contributed by atoms with Crippen LogP contribution in [0.2, 0.25) is 5.02 Å². The molecular weight excluding hydrogens is 356 g/mol. The molecule has 8 nitrogen and oxygen atoms in total. The van der Waals surface area contributed by atoms with E-state index in [0.29, 0.717) is 10.8 Å². The topological polar surface area (TPSA) is 105 Å². The van der Waals surface area contributed by atoms with Gasteiger partial charge in [0.05, 0.1) is 11.3 Å². The summed E-state index contributed by atoms with van der Waals surface area (Å²) in [6.07, 6.45) is 0.00642. The quantitative estimate of drug-likeness (QED) is 0.851. The van der Waals surface area contributed by atoms with E-state index in [1.807, 2.05) is 0 Å². The summed E-state index contributed by atoms with van der Waals surface area (Å²) >= 11 is 5.89. The molecular formula is C14H15ClN4O4S. The van der Waals surface area contributed by atoms with E-state index < -0.39 is 22.0 Å². The van der Waals surface area contributed by atoms with Gasteiger partial charge in [-0.1, -0.05) is 22.8 Å². The number of aryl methyl sites for hydroxylation is 1. The molecule has 1 atom stereocenters. The Balaban J connectivity index is 1.95. The van der Waals surface area contributed by atoms with Crippen LogP contribution < -0.4 is 5.32 Å². The monoisotopic (exact) mass is 370 g/mol. The lowest BCUT2D eigenvalue weighted by atomic mass is 10.1. The summed E-state index contributed by atoms with van der Waals surface area (Å²) in [5, 5.41) is 6.63. The van der Waals surface area contributed by atoms with Crippen molar-refractivity contribution in [2.75, 3.05) is 13.1 Å². The van der Waals surface area contributed by atoms with Crippen molar-refractivity contribution in [3.05, 3.63) is 41.0 Å². The van der Waals surface area contributed by atoms with Crippen LogP contribution in [-0.4, -0.2) is 47.9 Å². The van der Waals surface area contributed by atoms with E-state index in [2.05, 4.69) is 15.5 Å². The van der Waals surface area contributed by atoms with Gasteiger partial charge in [-0.2, -0.15) is 9.29 Å². The number of carbonyl (C=O) groups excluding carboxylic acids is 1. The van der Waals surface area contributed by atoms with E-state index in [1.54, 1.807) is 19.1 Å². The third-order valence-corrected chi connectivity index (χ3v) is 5.76. The lowest BCUT2D eigenvalue weighted by Crippen LogP contribution is -2.57. The molecule has 1 aliphatic heterocycles. The molecule has 128 valence electrons. The summed E-state index contributed by atoms with van der Waals surface area (Å²) in [6.45, 7) is 2.03. The fourth-order valence-electron chi connectivity index (χ4n) is 2.53. The van der Waals surface area contributed by atoms with Crippen LogP contribution >= 0.6 is 11.6 Å². The van der Waals surface area contributed by atoms with Gasteiger partial charge in [0.15, 0.2) is 5.82 Å². The van der Waals surface area contributed by atoms with Gasteiger partial charge in [-0.25, -0.2) is 8.42 Å². The Morgan fingerprint density at radius 1 is 1.46 bits per heavy atom. The molecule has 1 saturated heterocycles. The van der Waals surface area contributed by atoms with E-state index in [-0.39, 0.29) is 30.3 Å². The maximum absolute atomic E-state index is 12.9. The van der Waals surface area contributed by atoms with Crippen molar-refractivity contribution in [3.63, 3.8) is 0 Å². The molecule has 1 N–H and O–H groups in total. The summed E-state index contributed by atoms with van der Waals surface area (Å²) in [7, 11) is -3.88. The smallest absolute Gasteiger partial charge is 0.243 e. The second-order valence-electron chi connectivity index (χ2n) is 5.32. The Labute approximate surface area is 143 Å². The van der Waals surface area contributed by atoms with Crippen molar-refractivity contribution in [1.82, 2.24) is 19.8 Å². The summed E-state index contributed by atoms with van der Waals surface area (Å²) in [4.78, 5) is 16.3. The Morgan fingerprint density at radius 3 is 2.92 bits per heavy atom. The van der Waals surface area contributed by atoms with E-state index in [9.17, 15) is 13.2 Å². The minimum absolute atomic E-state index is 0.00642. The Bertz CT molecular complexity index is 867. The number of halogens is 1. The molecule has 0 saturated carbocycles. The van der Waals surface area contributed by atoms with E-state index in [1.165, 1.54) is 12.1 Å². The average Bonchev–Trinajstić information content (AvgIpc) is 2.94. The van der Waals surface area contributed by atoms with Gasteiger partial charge in [0.2, 0.25) is 21.8 Å². The minimum Gasteiger partial charge on any atom is -0.353 e.